The fourth-order valence-electron chi connectivity index (χ4n) is 6.37. The van der Waals surface area contributed by atoms with Gasteiger partial charge in [0.15, 0.2) is 5.69 Å². The van der Waals surface area contributed by atoms with Gasteiger partial charge in [-0.25, -0.2) is 0 Å². The van der Waals surface area contributed by atoms with Crippen molar-refractivity contribution < 1.29 is 18.0 Å². The zero-order chi connectivity index (χ0) is 19.8. The molecule has 0 radical (unpaired) electrons. The molecule has 1 atom stereocenters. The van der Waals surface area contributed by atoms with Gasteiger partial charge >= 0.3 is 6.18 Å². The summed E-state index contributed by atoms with van der Waals surface area (Å²) in [5.74, 6) is 1.77. The third-order valence-corrected chi connectivity index (χ3v) is 7.67. The Labute approximate surface area is 167 Å². The Morgan fingerprint density at radius 1 is 1.18 bits per heavy atom. The molecule has 1 aromatic heterocycles. The minimum absolute atomic E-state index is 0.0362. The fourth-order valence-corrected chi connectivity index (χ4v) is 6.75. The molecule has 0 saturated heterocycles. The molecule has 1 amide bonds. The van der Waals surface area contributed by atoms with E-state index in [1.807, 2.05) is 0 Å². The SMILES string of the molecule is CC(C(=O)NC12CC3CC(CC(C3)C1)C2)n1nc(C(F)(F)F)c(Cl)c1C1CC1. The summed E-state index contributed by atoms with van der Waals surface area (Å²) in [6.45, 7) is 1.63. The number of nitrogens with one attached hydrogen (secondary N) is 1. The van der Waals surface area contributed by atoms with Crippen LogP contribution in [-0.4, -0.2) is 21.2 Å². The van der Waals surface area contributed by atoms with Gasteiger partial charge in [0.25, 0.3) is 0 Å². The van der Waals surface area contributed by atoms with Gasteiger partial charge in [0, 0.05) is 11.5 Å². The monoisotopic (exact) mass is 415 g/mol. The van der Waals surface area contributed by atoms with Crippen molar-refractivity contribution in [2.75, 3.05) is 0 Å². The van der Waals surface area contributed by atoms with Gasteiger partial charge in [0.05, 0.1) is 10.7 Å². The van der Waals surface area contributed by atoms with Crippen molar-refractivity contribution in [1.82, 2.24) is 15.1 Å². The number of alkyl halides is 3. The number of hydrogen-bond acceptors (Lipinski definition) is 2. The molecule has 28 heavy (non-hydrogen) atoms. The largest absolute Gasteiger partial charge is 0.436 e. The van der Waals surface area contributed by atoms with Crippen LogP contribution < -0.4 is 5.32 Å². The summed E-state index contributed by atoms with van der Waals surface area (Å²) in [5, 5.41) is 6.67. The molecule has 5 aliphatic carbocycles. The topological polar surface area (TPSA) is 46.9 Å². The van der Waals surface area contributed by atoms with Crippen molar-refractivity contribution in [2.45, 2.75) is 82.0 Å². The van der Waals surface area contributed by atoms with Crippen molar-refractivity contribution >= 4 is 17.5 Å². The first-order chi connectivity index (χ1) is 13.2. The summed E-state index contributed by atoms with van der Waals surface area (Å²) in [6, 6.07) is -0.808. The Balaban J connectivity index is 1.41. The van der Waals surface area contributed by atoms with Gasteiger partial charge in [-0.15, -0.1) is 0 Å². The van der Waals surface area contributed by atoms with Crippen LogP contribution in [0.15, 0.2) is 0 Å². The normalized spacial score (nSPS) is 35.2. The summed E-state index contributed by atoms with van der Waals surface area (Å²) in [6.07, 6.45) is 3.74. The second-order valence-electron chi connectivity index (χ2n) is 9.63. The van der Waals surface area contributed by atoms with E-state index in [1.54, 1.807) is 6.92 Å². The molecule has 0 spiro atoms. The first kappa shape index (κ1) is 18.8. The van der Waals surface area contributed by atoms with E-state index in [0.717, 1.165) is 32.1 Å². The number of aromatic nitrogens is 2. The average molecular weight is 416 g/mol. The van der Waals surface area contributed by atoms with Crippen LogP contribution in [0, 0.1) is 17.8 Å². The van der Waals surface area contributed by atoms with Gasteiger partial charge in [-0.1, -0.05) is 11.6 Å². The van der Waals surface area contributed by atoms with E-state index in [-0.39, 0.29) is 22.4 Å². The highest BCUT2D eigenvalue weighted by molar-refractivity contribution is 6.32. The van der Waals surface area contributed by atoms with E-state index in [4.69, 9.17) is 11.6 Å². The Morgan fingerprint density at radius 2 is 1.71 bits per heavy atom. The molecule has 8 heteroatoms. The molecule has 6 rings (SSSR count). The Kier molecular flexibility index (Phi) is 4.11. The van der Waals surface area contributed by atoms with Crippen LogP contribution in [0.5, 0.6) is 0 Å². The highest BCUT2D eigenvalue weighted by Crippen LogP contribution is 2.56. The quantitative estimate of drug-likeness (QED) is 0.745. The Hall–Kier alpha value is -1.24. The van der Waals surface area contributed by atoms with Crippen molar-refractivity contribution in [3.8, 4) is 0 Å². The summed E-state index contributed by atoms with van der Waals surface area (Å²) in [4.78, 5) is 13.1. The fraction of sp³-hybridized carbons (Fsp3) is 0.800. The van der Waals surface area contributed by atoms with Gasteiger partial charge in [-0.3, -0.25) is 9.48 Å². The molecule has 4 nitrogen and oxygen atoms in total. The lowest BCUT2D eigenvalue weighted by Crippen LogP contribution is -2.60. The van der Waals surface area contributed by atoms with Crippen LogP contribution in [0.3, 0.4) is 0 Å². The summed E-state index contributed by atoms with van der Waals surface area (Å²) >= 11 is 6.06. The van der Waals surface area contributed by atoms with E-state index in [2.05, 4.69) is 10.4 Å². The summed E-state index contributed by atoms with van der Waals surface area (Å²) < 4.78 is 41.2. The minimum atomic E-state index is -4.62. The molecule has 5 aliphatic rings. The van der Waals surface area contributed by atoms with Crippen molar-refractivity contribution in [3.05, 3.63) is 16.4 Å². The second-order valence-corrected chi connectivity index (χ2v) is 10.0. The Bertz CT molecular complexity index is 779. The van der Waals surface area contributed by atoms with E-state index in [0.29, 0.717) is 23.4 Å². The number of carbonyl (C=O) groups is 1. The third kappa shape index (κ3) is 3.04. The minimum Gasteiger partial charge on any atom is -0.349 e. The van der Waals surface area contributed by atoms with Gasteiger partial charge in [0.2, 0.25) is 5.91 Å². The number of hydrogen-bond donors (Lipinski definition) is 1. The van der Waals surface area contributed by atoms with Crippen LogP contribution in [0.2, 0.25) is 5.02 Å². The van der Waals surface area contributed by atoms with E-state index < -0.39 is 17.9 Å². The van der Waals surface area contributed by atoms with Crippen LogP contribution in [0.25, 0.3) is 0 Å². The van der Waals surface area contributed by atoms with Gasteiger partial charge < -0.3 is 5.32 Å². The van der Waals surface area contributed by atoms with Crippen LogP contribution >= 0.6 is 11.6 Å². The molecule has 0 aliphatic heterocycles. The van der Waals surface area contributed by atoms with Crippen LogP contribution in [0.4, 0.5) is 13.2 Å². The molecular weight excluding hydrogens is 391 g/mol. The molecule has 1 aromatic rings. The van der Waals surface area contributed by atoms with Crippen LogP contribution in [0.1, 0.15) is 81.6 Å². The molecule has 5 fully saturated rings. The highest BCUT2D eigenvalue weighted by atomic mass is 35.5. The van der Waals surface area contributed by atoms with Gasteiger partial charge in [0.1, 0.15) is 6.04 Å². The predicted octanol–water partition coefficient (Wildman–Crippen LogP) is 5.08. The molecule has 154 valence electrons. The molecule has 0 aromatic carbocycles. The number of halogens is 4. The number of amides is 1. The van der Waals surface area contributed by atoms with Crippen molar-refractivity contribution in [3.63, 3.8) is 0 Å². The lowest BCUT2D eigenvalue weighted by Gasteiger charge is -2.57. The molecule has 1 N–H and O–H groups in total. The van der Waals surface area contributed by atoms with Crippen molar-refractivity contribution in [2.24, 2.45) is 17.8 Å². The molecule has 1 heterocycles. The second kappa shape index (κ2) is 6.13. The first-order valence-electron chi connectivity index (χ1n) is 10.3. The standard InChI is InChI=1S/C20H25ClF3N3O/c1-10(27-16(14-2-3-14)15(21)17(26-27)20(22,23)24)18(28)25-19-7-11-4-12(8-19)6-13(5-11)9-19/h10-14H,2-9H2,1H3,(H,25,28). The maximum atomic E-state index is 13.3. The summed E-state index contributed by atoms with van der Waals surface area (Å²) in [5.41, 5.74) is -0.892. The number of rotatable bonds is 4. The third-order valence-electron chi connectivity index (χ3n) is 7.29. The van der Waals surface area contributed by atoms with E-state index in [1.165, 1.54) is 23.9 Å². The number of nitrogens with zero attached hydrogens (tertiary/aromatic N) is 2. The first-order valence-corrected chi connectivity index (χ1v) is 10.7. The maximum Gasteiger partial charge on any atom is 0.436 e. The molecule has 5 saturated carbocycles. The Morgan fingerprint density at radius 3 is 2.18 bits per heavy atom. The van der Waals surface area contributed by atoms with Gasteiger partial charge in [-0.2, -0.15) is 18.3 Å². The smallest absolute Gasteiger partial charge is 0.349 e. The molecule has 1 unspecified atom stereocenters. The maximum absolute atomic E-state index is 13.3. The number of carbonyl (C=O) groups excluding carboxylic acids is 1. The molecule has 4 bridgehead atoms. The highest BCUT2D eigenvalue weighted by Gasteiger charge is 2.52. The lowest BCUT2D eigenvalue weighted by atomic mass is 9.53. The van der Waals surface area contributed by atoms with E-state index in [9.17, 15) is 18.0 Å². The average Bonchev–Trinajstić information content (AvgIpc) is 3.33. The molecular formula is C20H25ClF3N3O. The zero-order valence-corrected chi connectivity index (χ0v) is 16.6. The predicted molar refractivity (Wildman–Crippen MR) is 98.0 cm³/mol. The van der Waals surface area contributed by atoms with Crippen LogP contribution in [-0.2, 0) is 11.0 Å². The van der Waals surface area contributed by atoms with Crippen molar-refractivity contribution in [1.29, 1.82) is 0 Å². The summed E-state index contributed by atoms with van der Waals surface area (Å²) in [7, 11) is 0. The van der Waals surface area contributed by atoms with Gasteiger partial charge in [-0.05, 0) is 76.0 Å². The zero-order valence-electron chi connectivity index (χ0n) is 15.9. The lowest BCUT2D eigenvalue weighted by molar-refractivity contribution is -0.142. The van der Waals surface area contributed by atoms with E-state index >= 15 is 0 Å².